The molecule has 1 saturated heterocycles. The first-order valence-corrected chi connectivity index (χ1v) is 14.7. The summed E-state index contributed by atoms with van der Waals surface area (Å²) < 4.78 is 87.2. The number of alkyl halides is 6. The summed E-state index contributed by atoms with van der Waals surface area (Å²) in [5.74, 6) is -3.97. The molecule has 4 heterocycles. The molecule has 0 bridgehead atoms. The van der Waals surface area contributed by atoms with Crippen LogP contribution in [-0.2, 0) is 17.4 Å². The summed E-state index contributed by atoms with van der Waals surface area (Å²) in [5.41, 5.74) is 0.284. The minimum atomic E-state index is -5.08. The highest BCUT2D eigenvalue weighted by atomic mass is 35.5. The van der Waals surface area contributed by atoms with Gasteiger partial charge in [0, 0.05) is 43.6 Å². The van der Waals surface area contributed by atoms with E-state index in [9.17, 15) is 35.9 Å². The average Bonchev–Trinajstić information content (AvgIpc) is 3.56. The van der Waals surface area contributed by atoms with Crippen molar-refractivity contribution in [1.82, 2.24) is 24.6 Å². The van der Waals surface area contributed by atoms with Crippen molar-refractivity contribution in [2.24, 2.45) is 5.10 Å². The van der Waals surface area contributed by atoms with Crippen molar-refractivity contribution < 1.29 is 45.4 Å². The maximum atomic E-state index is 15.1. The molecular formula is C29H22Cl2F7N7O4. The topological polar surface area (TPSA) is 135 Å². The molecule has 0 radical (unpaired) electrons. The smallest absolute Gasteiger partial charge is 0.475 e. The fourth-order valence-corrected chi connectivity index (χ4v) is 5.47. The Morgan fingerprint density at radius 3 is 2.35 bits per heavy atom. The highest BCUT2D eigenvalue weighted by Crippen LogP contribution is 2.31. The Morgan fingerprint density at radius 1 is 1.04 bits per heavy atom. The minimum Gasteiger partial charge on any atom is -0.475 e. The summed E-state index contributed by atoms with van der Waals surface area (Å²) in [5, 5.41) is 19.2. The van der Waals surface area contributed by atoms with Gasteiger partial charge in [0.2, 0.25) is 5.96 Å². The Kier molecular flexibility index (Phi) is 9.85. The van der Waals surface area contributed by atoms with Gasteiger partial charge in [0.1, 0.15) is 22.7 Å². The number of aliphatic carboxylic acids is 1. The van der Waals surface area contributed by atoms with E-state index in [1.54, 1.807) is 4.90 Å². The predicted octanol–water partition coefficient (Wildman–Crippen LogP) is 5.39. The number of guanidine groups is 1. The van der Waals surface area contributed by atoms with E-state index < -0.39 is 41.8 Å². The number of aromatic nitrogens is 2. The number of fused-ring (bicyclic) bond motifs is 2. The van der Waals surface area contributed by atoms with Crippen molar-refractivity contribution in [1.29, 1.82) is 0 Å². The number of carboxylic acids is 1. The third-order valence-corrected chi connectivity index (χ3v) is 8.08. The summed E-state index contributed by atoms with van der Waals surface area (Å²) in [4.78, 5) is 39.2. The SMILES string of the molecule is O=C(O)C(F)(F)F.O=C(c1cc(Cc2c[nH]c(=O)c3cc(Cl)c(Cl)n23)ccc1F)N1N=C(Nc2ccc(C(F)(F)F)cc2)N2CCNCC21. The number of benzene rings is 2. The molecule has 1 fully saturated rings. The fraction of sp³-hybridized carbons (Fsp3) is 0.241. The molecular weight excluding hydrogens is 714 g/mol. The Morgan fingerprint density at radius 2 is 1.71 bits per heavy atom. The van der Waals surface area contributed by atoms with E-state index >= 15 is 4.39 Å². The lowest BCUT2D eigenvalue weighted by molar-refractivity contribution is -0.192. The number of nitrogens with zero attached hydrogens (tertiary/aromatic N) is 4. The summed E-state index contributed by atoms with van der Waals surface area (Å²) in [6, 6.07) is 9.98. The van der Waals surface area contributed by atoms with Crippen LogP contribution in [0.3, 0.4) is 0 Å². The second-order valence-corrected chi connectivity index (χ2v) is 11.3. The van der Waals surface area contributed by atoms with Crippen LogP contribution >= 0.6 is 23.2 Å². The quantitative estimate of drug-likeness (QED) is 0.207. The van der Waals surface area contributed by atoms with Crippen molar-refractivity contribution in [3.8, 4) is 0 Å². The van der Waals surface area contributed by atoms with E-state index in [1.807, 2.05) is 0 Å². The maximum Gasteiger partial charge on any atom is 0.490 e. The van der Waals surface area contributed by atoms with E-state index in [0.29, 0.717) is 36.6 Å². The number of rotatable bonds is 4. The summed E-state index contributed by atoms with van der Waals surface area (Å²) in [6.45, 7) is 1.36. The van der Waals surface area contributed by atoms with Crippen LogP contribution in [0.4, 0.5) is 36.4 Å². The number of carboxylic acid groups (broad SMARTS) is 1. The number of aromatic amines is 1. The number of halogens is 9. The van der Waals surface area contributed by atoms with Gasteiger partial charge in [-0.1, -0.05) is 29.3 Å². The van der Waals surface area contributed by atoms with Crippen LogP contribution in [0.1, 0.15) is 27.2 Å². The molecule has 0 saturated carbocycles. The van der Waals surface area contributed by atoms with Crippen LogP contribution < -0.4 is 16.2 Å². The molecule has 2 aromatic heterocycles. The van der Waals surface area contributed by atoms with Crippen LogP contribution in [0.15, 0.2) is 64.6 Å². The van der Waals surface area contributed by atoms with Gasteiger partial charge in [-0.15, -0.1) is 5.10 Å². The predicted molar refractivity (Wildman–Crippen MR) is 163 cm³/mol. The number of H-pyrrole nitrogens is 1. The number of amides is 1. The zero-order chi connectivity index (χ0) is 35.8. The van der Waals surface area contributed by atoms with Gasteiger partial charge in [0.15, 0.2) is 0 Å². The van der Waals surface area contributed by atoms with Crippen molar-refractivity contribution in [3.63, 3.8) is 0 Å². The van der Waals surface area contributed by atoms with E-state index in [2.05, 4.69) is 20.7 Å². The molecule has 1 unspecified atom stereocenters. The van der Waals surface area contributed by atoms with Crippen molar-refractivity contribution in [3.05, 3.63) is 103 Å². The number of anilines is 1. The zero-order valence-electron chi connectivity index (χ0n) is 24.5. The Balaban J connectivity index is 0.000000606. The lowest BCUT2D eigenvalue weighted by Gasteiger charge is -2.35. The molecule has 49 heavy (non-hydrogen) atoms. The van der Waals surface area contributed by atoms with E-state index in [1.165, 1.54) is 47.0 Å². The summed E-state index contributed by atoms with van der Waals surface area (Å²) >= 11 is 12.4. The molecule has 260 valence electrons. The van der Waals surface area contributed by atoms with Gasteiger partial charge in [-0.05, 0) is 48.0 Å². The number of hydrogen-bond donors (Lipinski definition) is 4. The summed E-state index contributed by atoms with van der Waals surface area (Å²) in [7, 11) is 0. The van der Waals surface area contributed by atoms with Crippen LogP contribution in [-0.4, -0.2) is 74.2 Å². The highest BCUT2D eigenvalue weighted by Gasteiger charge is 2.41. The van der Waals surface area contributed by atoms with Gasteiger partial charge in [0.25, 0.3) is 11.5 Å². The van der Waals surface area contributed by atoms with Gasteiger partial charge >= 0.3 is 18.3 Å². The standard InChI is InChI=1S/C27H21Cl2F4N7O2.C2HF3O2/c28-19-11-21-24(41)35-12-17(39(21)23(19)29)9-14-1-6-20(30)18(10-14)25(42)40-22-13-34-7-8-38(22)26(37-40)36-16-4-2-15(3-5-16)27(31,32)33;3-2(4,5)1(6)7/h1-6,10-12,22,34H,7-9,13H2,(H,35,41)(H,36,37);(H,6,7). The maximum absolute atomic E-state index is 15.1. The largest absolute Gasteiger partial charge is 0.490 e. The molecule has 11 nitrogen and oxygen atoms in total. The third kappa shape index (κ3) is 7.60. The van der Waals surface area contributed by atoms with Crippen molar-refractivity contribution in [2.75, 3.05) is 25.0 Å². The Labute approximate surface area is 280 Å². The highest BCUT2D eigenvalue weighted by molar-refractivity contribution is 6.42. The molecule has 2 aromatic carbocycles. The molecule has 6 rings (SSSR count). The second-order valence-electron chi connectivity index (χ2n) is 10.6. The van der Waals surface area contributed by atoms with E-state index in [4.69, 9.17) is 33.1 Å². The Hall–Kier alpha value is -4.81. The number of carbonyl (C=O) groups excluding carboxylic acids is 1. The van der Waals surface area contributed by atoms with Gasteiger partial charge in [-0.3, -0.25) is 14.0 Å². The third-order valence-electron chi connectivity index (χ3n) is 7.33. The molecule has 0 aliphatic carbocycles. The lowest BCUT2D eigenvalue weighted by atomic mass is 10.0. The normalized spacial score (nSPS) is 16.2. The average molecular weight is 736 g/mol. The molecule has 2 aliphatic heterocycles. The van der Waals surface area contributed by atoms with Crippen molar-refractivity contribution >= 4 is 52.2 Å². The molecule has 2 aliphatic rings. The monoisotopic (exact) mass is 735 g/mol. The minimum absolute atomic E-state index is 0.149. The molecule has 4 aromatic rings. The molecule has 0 spiro atoms. The van der Waals surface area contributed by atoms with Crippen LogP contribution in [0.25, 0.3) is 5.52 Å². The van der Waals surface area contributed by atoms with Crippen LogP contribution in [0.2, 0.25) is 10.2 Å². The molecule has 4 N–H and O–H groups in total. The van der Waals surface area contributed by atoms with E-state index in [-0.39, 0.29) is 39.2 Å². The molecule has 1 atom stereocenters. The molecule has 20 heteroatoms. The first kappa shape index (κ1) is 35.5. The Bertz CT molecular complexity index is 2000. The van der Waals surface area contributed by atoms with E-state index in [0.717, 1.165) is 17.1 Å². The fourth-order valence-electron chi connectivity index (χ4n) is 5.03. The number of piperazine rings is 1. The first-order chi connectivity index (χ1) is 23.0. The van der Waals surface area contributed by atoms with Gasteiger partial charge in [-0.25, -0.2) is 14.2 Å². The van der Waals surface area contributed by atoms with Gasteiger partial charge in [0.05, 0.1) is 16.1 Å². The zero-order valence-corrected chi connectivity index (χ0v) is 26.0. The number of hydrazone groups is 1. The van der Waals surface area contributed by atoms with Gasteiger partial charge in [-0.2, -0.15) is 26.3 Å². The molecule has 1 amide bonds. The second kappa shape index (κ2) is 13.6. The first-order valence-electron chi connectivity index (χ1n) is 13.9. The number of hydrogen-bond acceptors (Lipinski definition) is 7. The van der Waals surface area contributed by atoms with Crippen LogP contribution in [0.5, 0.6) is 0 Å². The number of nitrogens with one attached hydrogen (secondary N) is 3. The number of carbonyl (C=O) groups is 2. The van der Waals surface area contributed by atoms with Gasteiger partial charge < -0.3 is 25.6 Å². The van der Waals surface area contributed by atoms with Crippen molar-refractivity contribution in [2.45, 2.75) is 24.9 Å². The summed E-state index contributed by atoms with van der Waals surface area (Å²) in [6.07, 6.45) is -8.50. The lowest BCUT2D eigenvalue weighted by Crippen LogP contribution is -2.57. The van der Waals surface area contributed by atoms with Crippen LogP contribution in [0, 0.1) is 5.82 Å².